The Bertz CT molecular complexity index is 689. The number of fused-ring (bicyclic) bond motifs is 3. The molecule has 0 aromatic carbocycles. The molecule has 3 rings (SSSR count). The van der Waals surface area contributed by atoms with E-state index in [0.29, 0.717) is 31.3 Å². The van der Waals surface area contributed by atoms with Crippen LogP contribution in [-0.2, 0) is 14.3 Å². The smallest absolute Gasteiger partial charge is 0.330 e. The van der Waals surface area contributed by atoms with Gasteiger partial charge in [-0.3, -0.25) is 4.79 Å². The molecule has 6 heteroatoms. The number of esters is 1. The molecule has 0 aliphatic heterocycles. The maximum atomic E-state index is 13.3. The molecule has 172 valence electrons. The number of carbonyl (C=O) groups excluding carboxylic acids is 2. The van der Waals surface area contributed by atoms with E-state index in [1.807, 2.05) is 19.0 Å². The fourth-order valence-electron chi connectivity index (χ4n) is 6.63. The van der Waals surface area contributed by atoms with Crippen LogP contribution in [0.25, 0.3) is 0 Å². The zero-order chi connectivity index (χ0) is 21.6. The second kappa shape index (κ2) is 9.30. The molecule has 0 radical (unpaired) electrons. The number of hydrogen-bond donors (Lipinski definition) is 1. The Morgan fingerprint density at radius 1 is 1.27 bits per heavy atom. The minimum absolute atomic E-state index is 0. The maximum absolute atomic E-state index is 13.3. The van der Waals surface area contributed by atoms with Crippen LogP contribution in [0.3, 0.4) is 0 Å². The number of aliphatic hydroxyl groups excluding tert-OH is 1. The van der Waals surface area contributed by atoms with Crippen molar-refractivity contribution in [3.8, 4) is 0 Å². The summed E-state index contributed by atoms with van der Waals surface area (Å²) in [5.41, 5.74) is 0.905. The van der Waals surface area contributed by atoms with Crippen molar-refractivity contribution in [3.05, 3.63) is 11.6 Å². The van der Waals surface area contributed by atoms with Gasteiger partial charge in [0.25, 0.3) is 0 Å². The number of halogens is 1. The molecule has 0 amide bonds. The Morgan fingerprint density at radius 3 is 2.57 bits per heavy atom. The van der Waals surface area contributed by atoms with Crippen molar-refractivity contribution >= 4 is 24.2 Å². The van der Waals surface area contributed by atoms with E-state index in [1.54, 1.807) is 6.08 Å². The van der Waals surface area contributed by atoms with Gasteiger partial charge in [-0.2, -0.15) is 0 Å². The van der Waals surface area contributed by atoms with E-state index in [1.165, 1.54) is 0 Å². The highest BCUT2D eigenvalue weighted by Crippen LogP contribution is 2.63. The highest BCUT2D eigenvalue weighted by atomic mass is 35.5. The molecule has 3 aliphatic carbocycles. The number of ether oxygens (including phenoxy) is 1. The highest BCUT2D eigenvalue weighted by Gasteiger charge is 2.61. The number of Topliss-reactive ketones (excluding diaryl/α,β-unsaturated/α-hetero) is 1. The highest BCUT2D eigenvalue weighted by molar-refractivity contribution is 5.86. The van der Waals surface area contributed by atoms with E-state index in [4.69, 9.17) is 4.74 Å². The van der Waals surface area contributed by atoms with E-state index >= 15 is 0 Å². The monoisotopic (exact) mass is 441 g/mol. The van der Waals surface area contributed by atoms with Gasteiger partial charge in [-0.25, -0.2) is 4.79 Å². The van der Waals surface area contributed by atoms with E-state index in [-0.39, 0.29) is 53.1 Å². The molecule has 0 saturated heterocycles. The van der Waals surface area contributed by atoms with Crippen LogP contribution in [0.1, 0.15) is 59.8 Å². The predicted molar refractivity (Wildman–Crippen MR) is 120 cm³/mol. The van der Waals surface area contributed by atoms with Crippen LogP contribution in [0.15, 0.2) is 11.6 Å². The lowest BCUT2D eigenvalue weighted by molar-refractivity contribution is -0.172. The minimum Gasteiger partial charge on any atom is -0.461 e. The first-order valence-electron chi connectivity index (χ1n) is 11.2. The average molecular weight is 442 g/mol. The average Bonchev–Trinajstić information content (AvgIpc) is 2.63. The van der Waals surface area contributed by atoms with Crippen LogP contribution in [0, 0.1) is 34.5 Å². The van der Waals surface area contributed by atoms with Crippen LogP contribution in [0.2, 0.25) is 0 Å². The SMILES string of the molecule is CC1/C(=C/C(=O)OCCN(C)C)CCC2C1C(=O)CC1C(C)(C)C(O)CCC21C.Cl. The normalized spacial score (nSPS) is 39.1. The van der Waals surface area contributed by atoms with Gasteiger partial charge in [0.15, 0.2) is 0 Å². The zero-order valence-corrected chi connectivity index (χ0v) is 20.3. The molecule has 6 atom stereocenters. The third kappa shape index (κ3) is 4.49. The lowest BCUT2D eigenvalue weighted by Gasteiger charge is -2.62. The number of likely N-dealkylation sites (N-methyl/N-ethyl adjacent to an activating group) is 1. The lowest BCUT2D eigenvalue weighted by atomic mass is 9.42. The molecule has 1 N–H and O–H groups in total. The van der Waals surface area contributed by atoms with Gasteiger partial charge in [-0.05, 0) is 68.4 Å². The molecule has 0 aromatic rings. The fourth-order valence-corrected chi connectivity index (χ4v) is 6.63. The quantitative estimate of drug-likeness (QED) is 0.529. The van der Waals surface area contributed by atoms with Crippen LogP contribution >= 0.6 is 12.4 Å². The van der Waals surface area contributed by atoms with Gasteiger partial charge in [0.05, 0.1) is 6.10 Å². The first kappa shape index (κ1) is 25.4. The number of allylic oxidation sites excluding steroid dienone is 1. The number of rotatable bonds is 4. The van der Waals surface area contributed by atoms with Crippen molar-refractivity contribution in [1.29, 1.82) is 0 Å². The lowest BCUT2D eigenvalue weighted by Crippen LogP contribution is -2.60. The van der Waals surface area contributed by atoms with Crippen molar-refractivity contribution in [2.45, 2.75) is 65.9 Å². The molecule has 0 spiro atoms. The maximum Gasteiger partial charge on any atom is 0.330 e. The van der Waals surface area contributed by atoms with Crippen LogP contribution < -0.4 is 0 Å². The Labute approximate surface area is 188 Å². The molecule has 6 unspecified atom stereocenters. The summed E-state index contributed by atoms with van der Waals surface area (Å²) >= 11 is 0. The Kier molecular flexibility index (Phi) is 7.86. The largest absolute Gasteiger partial charge is 0.461 e. The van der Waals surface area contributed by atoms with Gasteiger partial charge in [0, 0.05) is 25.0 Å². The zero-order valence-electron chi connectivity index (χ0n) is 19.4. The number of ketones is 1. The summed E-state index contributed by atoms with van der Waals surface area (Å²) in [4.78, 5) is 27.5. The van der Waals surface area contributed by atoms with Crippen molar-refractivity contribution in [3.63, 3.8) is 0 Å². The summed E-state index contributed by atoms with van der Waals surface area (Å²) in [6, 6.07) is 0. The van der Waals surface area contributed by atoms with Crippen LogP contribution in [-0.4, -0.2) is 55.1 Å². The third-order valence-corrected chi connectivity index (χ3v) is 8.52. The van der Waals surface area contributed by atoms with Gasteiger partial charge in [0.1, 0.15) is 12.4 Å². The molecule has 0 bridgehead atoms. The Balaban J connectivity index is 0.00000320. The van der Waals surface area contributed by atoms with Crippen molar-refractivity contribution in [1.82, 2.24) is 4.90 Å². The van der Waals surface area contributed by atoms with E-state index in [0.717, 1.165) is 31.3 Å². The molecule has 5 nitrogen and oxygen atoms in total. The van der Waals surface area contributed by atoms with Gasteiger partial charge in [-0.15, -0.1) is 12.4 Å². The fraction of sp³-hybridized carbons (Fsp3) is 0.833. The third-order valence-electron chi connectivity index (χ3n) is 8.52. The second-order valence-electron chi connectivity index (χ2n) is 10.8. The summed E-state index contributed by atoms with van der Waals surface area (Å²) in [5, 5.41) is 10.6. The molecule has 3 saturated carbocycles. The molecule has 0 heterocycles. The van der Waals surface area contributed by atoms with Gasteiger partial charge in [0.2, 0.25) is 0 Å². The van der Waals surface area contributed by atoms with Gasteiger partial charge >= 0.3 is 5.97 Å². The van der Waals surface area contributed by atoms with Crippen LogP contribution in [0.4, 0.5) is 0 Å². The van der Waals surface area contributed by atoms with E-state index in [9.17, 15) is 14.7 Å². The van der Waals surface area contributed by atoms with E-state index < -0.39 is 0 Å². The second-order valence-corrected chi connectivity index (χ2v) is 10.8. The molecule has 3 fully saturated rings. The summed E-state index contributed by atoms with van der Waals surface area (Å²) in [6.45, 7) is 9.82. The Morgan fingerprint density at radius 2 is 1.93 bits per heavy atom. The summed E-state index contributed by atoms with van der Waals surface area (Å²) < 4.78 is 5.34. The molecular weight excluding hydrogens is 402 g/mol. The summed E-state index contributed by atoms with van der Waals surface area (Å²) in [5.74, 6) is 0.645. The van der Waals surface area contributed by atoms with Crippen molar-refractivity contribution < 1.29 is 19.4 Å². The topological polar surface area (TPSA) is 66.8 Å². The predicted octanol–water partition coefficient (Wildman–Crippen LogP) is 3.88. The molecule has 30 heavy (non-hydrogen) atoms. The van der Waals surface area contributed by atoms with Crippen LogP contribution in [0.5, 0.6) is 0 Å². The first-order valence-corrected chi connectivity index (χ1v) is 11.2. The standard InChI is InChI=1S/C24H39NO4.ClH/c1-15-16(13-21(28)29-12-11-25(5)6)7-8-17-22(15)18(26)14-19-23(2,3)20(27)9-10-24(17,19)4;/h13,15,17,19-20,22,27H,7-12,14H2,1-6H3;1H/b16-13+;. The molecular formula is C24H40ClNO4. The number of hydrogen-bond acceptors (Lipinski definition) is 5. The molecule has 3 aliphatic rings. The Hall–Kier alpha value is -0.910. The van der Waals surface area contributed by atoms with Gasteiger partial charge in [-0.1, -0.05) is 33.3 Å². The first-order chi connectivity index (χ1) is 13.5. The minimum atomic E-state index is -0.335. The number of nitrogens with zero attached hydrogens (tertiary/aromatic N) is 1. The number of aliphatic hydroxyl groups is 1. The summed E-state index contributed by atoms with van der Waals surface area (Å²) in [6.07, 6.45) is 5.44. The van der Waals surface area contributed by atoms with E-state index in [2.05, 4.69) is 27.7 Å². The summed E-state index contributed by atoms with van der Waals surface area (Å²) in [7, 11) is 3.90. The van der Waals surface area contributed by atoms with Crippen molar-refractivity contribution in [2.75, 3.05) is 27.2 Å². The molecule has 0 aromatic heterocycles. The van der Waals surface area contributed by atoms with Gasteiger partial charge < -0.3 is 14.7 Å². The van der Waals surface area contributed by atoms with Crippen molar-refractivity contribution in [2.24, 2.45) is 34.5 Å². The number of carbonyl (C=O) groups is 2.